The van der Waals surface area contributed by atoms with Crippen LogP contribution in [0.25, 0.3) is 0 Å². The van der Waals surface area contributed by atoms with Gasteiger partial charge in [-0.15, -0.1) is 0 Å². The van der Waals surface area contributed by atoms with Crippen LogP contribution in [0.5, 0.6) is 0 Å². The Morgan fingerprint density at radius 2 is 2.36 bits per heavy atom. The third kappa shape index (κ3) is 2.62. The van der Waals surface area contributed by atoms with Gasteiger partial charge in [-0.3, -0.25) is 9.48 Å². The van der Waals surface area contributed by atoms with Crippen LogP contribution in [0.15, 0.2) is 6.20 Å². The predicted molar refractivity (Wildman–Crippen MR) is 83.7 cm³/mol. The second-order valence-electron chi connectivity index (χ2n) is 6.02. The number of aryl methyl sites for hydroxylation is 2. The molecule has 0 bridgehead atoms. The monoisotopic (exact) mass is 323 g/mol. The van der Waals surface area contributed by atoms with Gasteiger partial charge in [0.25, 0.3) is 0 Å². The molecule has 2 aliphatic rings. The van der Waals surface area contributed by atoms with Gasteiger partial charge in [0.05, 0.1) is 18.7 Å². The average molecular weight is 323 g/mol. The summed E-state index contributed by atoms with van der Waals surface area (Å²) in [5, 5.41) is 7.42. The second-order valence-corrected chi connectivity index (χ2v) is 7.12. The summed E-state index contributed by atoms with van der Waals surface area (Å²) < 4.78 is 6.68. The van der Waals surface area contributed by atoms with Crippen LogP contribution in [-0.2, 0) is 27.8 Å². The molecule has 1 aliphatic heterocycles. The van der Waals surface area contributed by atoms with Gasteiger partial charge in [0.2, 0.25) is 5.91 Å². The third-order valence-electron chi connectivity index (χ3n) is 4.50. The Bertz CT molecular complexity index is 593. The van der Waals surface area contributed by atoms with Crippen molar-refractivity contribution in [2.45, 2.75) is 37.1 Å². The zero-order valence-corrected chi connectivity index (χ0v) is 13.7. The Kier molecular flexibility index (Phi) is 4.16. The predicted octanol–water partition coefficient (Wildman–Crippen LogP) is 1.00. The number of thioether (sulfide) groups is 1. The number of carbonyl (C=O) groups excluding carboxylic acids is 2. The lowest BCUT2D eigenvalue weighted by molar-refractivity contribution is -0.150. The Balaban J connectivity index is 1.81. The molecule has 1 N–H and O–H groups in total. The van der Waals surface area contributed by atoms with Gasteiger partial charge in [-0.05, 0) is 31.4 Å². The van der Waals surface area contributed by atoms with Crippen molar-refractivity contribution in [2.24, 2.45) is 7.05 Å². The third-order valence-corrected chi connectivity index (χ3v) is 5.69. The molecule has 1 aromatic rings. The molecule has 0 unspecified atom stereocenters. The Labute approximate surface area is 134 Å². The molecule has 120 valence electrons. The van der Waals surface area contributed by atoms with Crippen molar-refractivity contribution in [1.29, 1.82) is 0 Å². The molecule has 2 heterocycles. The van der Waals surface area contributed by atoms with Gasteiger partial charge in [0.1, 0.15) is 5.54 Å². The van der Waals surface area contributed by atoms with Crippen molar-refractivity contribution >= 4 is 23.6 Å². The molecule has 22 heavy (non-hydrogen) atoms. The molecule has 0 radical (unpaired) electrons. The van der Waals surface area contributed by atoms with Gasteiger partial charge in [-0.25, -0.2) is 4.79 Å². The van der Waals surface area contributed by atoms with Gasteiger partial charge >= 0.3 is 5.97 Å². The van der Waals surface area contributed by atoms with Crippen LogP contribution in [0.3, 0.4) is 0 Å². The summed E-state index contributed by atoms with van der Waals surface area (Å²) in [4.78, 5) is 24.9. The highest BCUT2D eigenvalue weighted by Gasteiger charge is 2.45. The quantitative estimate of drug-likeness (QED) is 0.840. The van der Waals surface area contributed by atoms with Crippen LogP contribution in [0.2, 0.25) is 0 Å². The van der Waals surface area contributed by atoms with Crippen molar-refractivity contribution in [3.05, 3.63) is 17.5 Å². The smallest absolute Gasteiger partial charge is 0.332 e. The summed E-state index contributed by atoms with van der Waals surface area (Å²) in [6.07, 6.45) is 5.21. The summed E-state index contributed by atoms with van der Waals surface area (Å²) in [6, 6.07) is 0. The van der Waals surface area contributed by atoms with E-state index in [9.17, 15) is 9.59 Å². The summed E-state index contributed by atoms with van der Waals surface area (Å²) in [6.45, 7) is 0. The van der Waals surface area contributed by atoms with E-state index >= 15 is 0 Å². The topological polar surface area (TPSA) is 73.2 Å². The summed E-state index contributed by atoms with van der Waals surface area (Å²) in [5.41, 5.74) is 1.13. The number of ether oxygens (including phenoxy) is 1. The van der Waals surface area contributed by atoms with Crippen LogP contribution in [0.1, 0.15) is 36.4 Å². The number of amides is 1. The summed E-state index contributed by atoms with van der Waals surface area (Å²) in [7, 11) is 3.25. The zero-order valence-electron chi connectivity index (χ0n) is 12.9. The summed E-state index contributed by atoms with van der Waals surface area (Å²) >= 11 is 1.67. The van der Waals surface area contributed by atoms with E-state index in [1.54, 1.807) is 16.4 Å². The molecule has 0 spiro atoms. The lowest BCUT2D eigenvalue weighted by atomic mass is 9.85. The first-order chi connectivity index (χ1) is 10.6. The number of methoxy groups -OCH3 is 1. The molecule has 1 amide bonds. The zero-order chi connectivity index (χ0) is 15.7. The molecule has 1 aromatic heterocycles. The molecular weight excluding hydrogens is 302 g/mol. The number of nitrogens with zero attached hydrogens (tertiary/aromatic N) is 2. The number of fused-ring (bicyclic) bond motifs is 1. The fraction of sp³-hybridized carbons (Fsp3) is 0.667. The lowest BCUT2D eigenvalue weighted by Gasteiger charge is -2.30. The number of carbonyl (C=O) groups is 2. The number of nitrogens with one attached hydrogen (secondary N) is 1. The maximum Gasteiger partial charge on any atom is 0.332 e. The fourth-order valence-corrected chi connectivity index (χ4v) is 4.65. The maximum absolute atomic E-state index is 12.8. The Hall–Kier alpha value is -1.50. The normalized spacial score (nSPS) is 27.3. The Morgan fingerprint density at radius 3 is 3.05 bits per heavy atom. The van der Waals surface area contributed by atoms with Crippen LogP contribution >= 0.6 is 11.8 Å². The van der Waals surface area contributed by atoms with E-state index in [1.807, 2.05) is 13.2 Å². The molecule has 1 aliphatic carbocycles. The lowest BCUT2D eigenvalue weighted by Crippen LogP contribution is -2.56. The van der Waals surface area contributed by atoms with E-state index in [2.05, 4.69) is 10.4 Å². The highest BCUT2D eigenvalue weighted by atomic mass is 32.2. The van der Waals surface area contributed by atoms with Crippen LogP contribution in [0.4, 0.5) is 0 Å². The molecule has 1 fully saturated rings. The fourth-order valence-electron chi connectivity index (χ4n) is 3.33. The number of rotatable bonds is 3. The molecule has 1 saturated heterocycles. The molecular formula is C15H21N3O3S. The Morgan fingerprint density at radius 1 is 1.55 bits per heavy atom. The van der Waals surface area contributed by atoms with Crippen LogP contribution in [0, 0.1) is 0 Å². The van der Waals surface area contributed by atoms with Gasteiger partial charge in [-0.2, -0.15) is 16.9 Å². The van der Waals surface area contributed by atoms with Crippen molar-refractivity contribution in [2.75, 3.05) is 18.6 Å². The minimum absolute atomic E-state index is 0.0816. The average Bonchev–Trinajstić information content (AvgIpc) is 3.11. The highest BCUT2D eigenvalue weighted by molar-refractivity contribution is 7.99. The minimum atomic E-state index is -0.865. The minimum Gasteiger partial charge on any atom is -0.467 e. The van der Waals surface area contributed by atoms with E-state index in [0.717, 1.165) is 36.3 Å². The van der Waals surface area contributed by atoms with Gasteiger partial charge < -0.3 is 10.1 Å². The van der Waals surface area contributed by atoms with E-state index in [0.29, 0.717) is 12.2 Å². The largest absolute Gasteiger partial charge is 0.467 e. The first-order valence-electron chi connectivity index (χ1n) is 7.56. The number of esters is 1. The van der Waals surface area contributed by atoms with E-state index < -0.39 is 5.54 Å². The van der Waals surface area contributed by atoms with Crippen molar-refractivity contribution < 1.29 is 14.3 Å². The highest BCUT2D eigenvalue weighted by Crippen LogP contribution is 2.34. The second kappa shape index (κ2) is 5.95. The molecule has 7 heteroatoms. The maximum atomic E-state index is 12.8. The van der Waals surface area contributed by atoms with E-state index in [1.165, 1.54) is 7.11 Å². The van der Waals surface area contributed by atoms with E-state index in [-0.39, 0.29) is 17.8 Å². The van der Waals surface area contributed by atoms with Gasteiger partial charge in [0.15, 0.2) is 0 Å². The SMILES string of the molecule is COC(=O)[C@]1(NC(=O)[C@H]2CCCc3nn(C)cc32)CCSC1. The van der Waals surface area contributed by atoms with Crippen LogP contribution < -0.4 is 5.32 Å². The van der Waals surface area contributed by atoms with Crippen molar-refractivity contribution in [3.8, 4) is 0 Å². The van der Waals surface area contributed by atoms with Gasteiger partial charge in [0, 0.05) is 24.6 Å². The molecule has 3 rings (SSSR count). The standard InChI is InChI=1S/C15H21N3O3S/c1-18-8-11-10(4-3-5-12(11)17-18)13(19)16-15(14(20)21-2)6-7-22-9-15/h8,10H,3-7,9H2,1-2H3,(H,16,19)/t10-,15-/m0/s1. The molecule has 6 nitrogen and oxygen atoms in total. The summed E-state index contributed by atoms with van der Waals surface area (Å²) in [5.74, 6) is 0.801. The van der Waals surface area contributed by atoms with E-state index in [4.69, 9.17) is 4.74 Å². The molecule has 0 saturated carbocycles. The number of aromatic nitrogens is 2. The van der Waals surface area contributed by atoms with Crippen LogP contribution in [-0.4, -0.2) is 45.8 Å². The molecule has 0 aromatic carbocycles. The molecule has 2 atom stereocenters. The number of hydrogen-bond donors (Lipinski definition) is 1. The number of hydrogen-bond acceptors (Lipinski definition) is 5. The van der Waals surface area contributed by atoms with Crippen molar-refractivity contribution in [3.63, 3.8) is 0 Å². The van der Waals surface area contributed by atoms with Crippen molar-refractivity contribution in [1.82, 2.24) is 15.1 Å². The van der Waals surface area contributed by atoms with Gasteiger partial charge in [-0.1, -0.05) is 0 Å². The first-order valence-corrected chi connectivity index (χ1v) is 8.72. The first kappa shape index (κ1) is 15.4.